The number of pyridine rings is 1. The molecule has 0 aliphatic rings. The van der Waals surface area contributed by atoms with E-state index < -0.39 is 5.82 Å². The van der Waals surface area contributed by atoms with Gasteiger partial charge in [0.1, 0.15) is 5.82 Å². The van der Waals surface area contributed by atoms with Gasteiger partial charge in [-0.05, 0) is 30.3 Å². The van der Waals surface area contributed by atoms with Crippen molar-refractivity contribution in [3.05, 3.63) is 58.2 Å². The molecular formula is C12H9BrF2N2. The first kappa shape index (κ1) is 12.0. The van der Waals surface area contributed by atoms with Crippen LogP contribution in [0.1, 0.15) is 5.56 Å². The molecule has 0 unspecified atom stereocenters. The van der Waals surface area contributed by atoms with E-state index in [2.05, 4.69) is 26.2 Å². The van der Waals surface area contributed by atoms with Crippen molar-refractivity contribution in [2.45, 2.75) is 6.54 Å². The number of benzene rings is 1. The summed E-state index contributed by atoms with van der Waals surface area (Å²) in [6.07, 6.45) is 1.47. The summed E-state index contributed by atoms with van der Waals surface area (Å²) in [5.74, 6) is -0.674. The van der Waals surface area contributed by atoms with Crippen LogP contribution in [0, 0.1) is 11.6 Å². The van der Waals surface area contributed by atoms with Crippen LogP contribution in [-0.4, -0.2) is 4.98 Å². The lowest BCUT2D eigenvalue weighted by Gasteiger charge is -2.07. The minimum atomic E-state index is -0.456. The Morgan fingerprint density at radius 2 is 2.00 bits per heavy atom. The van der Waals surface area contributed by atoms with Crippen molar-refractivity contribution >= 4 is 21.7 Å². The monoisotopic (exact) mass is 298 g/mol. The molecule has 0 aliphatic carbocycles. The fourth-order valence-corrected chi connectivity index (χ4v) is 1.78. The van der Waals surface area contributed by atoms with E-state index in [0.717, 1.165) is 4.47 Å². The Labute approximate surface area is 106 Å². The SMILES string of the molecule is Fc1ccc(Br)cc1CNc1ncccc1F. The van der Waals surface area contributed by atoms with Gasteiger partial charge in [0, 0.05) is 22.8 Å². The van der Waals surface area contributed by atoms with Gasteiger partial charge in [-0.2, -0.15) is 0 Å². The second kappa shape index (κ2) is 5.23. The molecule has 0 atom stereocenters. The number of hydrogen-bond acceptors (Lipinski definition) is 2. The van der Waals surface area contributed by atoms with Crippen LogP contribution in [0.15, 0.2) is 41.0 Å². The van der Waals surface area contributed by atoms with Crippen molar-refractivity contribution in [3.63, 3.8) is 0 Å². The second-order valence-corrected chi connectivity index (χ2v) is 4.34. The van der Waals surface area contributed by atoms with Gasteiger partial charge in [-0.15, -0.1) is 0 Å². The van der Waals surface area contributed by atoms with Crippen LogP contribution >= 0.6 is 15.9 Å². The fraction of sp³-hybridized carbons (Fsp3) is 0.0833. The lowest BCUT2D eigenvalue weighted by Crippen LogP contribution is -2.05. The molecule has 5 heteroatoms. The maximum Gasteiger partial charge on any atom is 0.165 e. The van der Waals surface area contributed by atoms with E-state index >= 15 is 0 Å². The molecule has 1 heterocycles. The molecule has 1 aromatic heterocycles. The summed E-state index contributed by atoms with van der Waals surface area (Å²) in [6.45, 7) is 0.180. The predicted octanol–water partition coefficient (Wildman–Crippen LogP) is 3.73. The van der Waals surface area contributed by atoms with Crippen molar-refractivity contribution in [1.29, 1.82) is 0 Å². The number of nitrogens with zero attached hydrogens (tertiary/aromatic N) is 1. The number of rotatable bonds is 3. The smallest absolute Gasteiger partial charge is 0.165 e. The maximum absolute atomic E-state index is 13.4. The standard InChI is InChI=1S/C12H9BrF2N2/c13-9-3-4-10(14)8(6-9)7-17-12-11(15)2-1-5-16-12/h1-6H,7H2,(H,16,17). The van der Waals surface area contributed by atoms with E-state index in [0.29, 0.717) is 5.56 Å². The van der Waals surface area contributed by atoms with Gasteiger partial charge >= 0.3 is 0 Å². The van der Waals surface area contributed by atoms with E-state index in [1.165, 1.54) is 24.4 Å². The van der Waals surface area contributed by atoms with Crippen LogP contribution in [0.5, 0.6) is 0 Å². The zero-order valence-corrected chi connectivity index (χ0v) is 10.3. The molecule has 0 amide bonds. The average molecular weight is 299 g/mol. The molecular weight excluding hydrogens is 290 g/mol. The first-order valence-electron chi connectivity index (χ1n) is 4.95. The highest BCUT2D eigenvalue weighted by molar-refractivity contribution is 9.10. The quantitative estimate of drug-likeness (QED) is 0.934. The summed E-state index contributed by atoms with van der Waals surface area (Å²) in [6, 6.07) is 7.41. The molecule has 0 saturated carbocycles. The summed E-state index contributed by atoms with van der Waals surface area (Å²) in [4.78, 5) is 3.83. The van der Waals surface area contributed by atoms with E-state index in [-0.39, 0.29) is 18.2 Å². The van der Waals surface area contributed by atoms with Crippen LogP contribution in [0.25, 0.3) is 0 Å². The third-order valence-electron chi connectivity index (χ3n) is 2.21. The maximum atomic E-state index is 13.4. The number of nitrogens with one attached hydrogen (secondary N) is 1. The van der Waals surface area contributed by atoms with Crippen molar-refractivity contribution in [1.82, 2.24) is 4.98 Å². The molecule has 0 fully saturated rings. The zero-order valence-electron chi connectivity index (χ0n) is 8.75. The summed E-state index contributed by atoms with van der Waals surface area (Å²) >= 11 is 3.25. The number of halogens is 3. The van der Waals surface area contributed by atoms with Crippen LogP contribution in [0.3, 0.4) is 0 Å². The van der Waals surface area contributed by atoms with Gasteiger partial charge in [0.05, 0.1) is 0 Å². The summed E-state index contributed by atoms with van der Waals surface area (Å²) in [5, 5.41) is 2.75. The van der Waals surface area contributed by atoms with Crippen LogP contribution in [0.4, 0.5) is 14.6 Å². The third-order valence-corrected chi connectivity index (χ3v) is 2.71. The van der Waals surface area contributed by atoms with Gasteiger partial charge in [-0.3, -0.25) is 0 Å². The van der Waals surface area contributed by atoms with Crippen molar-refractivity contribution in [2.75, 3.05) is 5.32 Å². The topological polar surface area (TPSA) is 24.9 Å². The fourth-order valence-electron chi connectivity index (χ4n) is 1.37. The average Bonchev–Trinajstić information content (AvgIpc) is 2.32. The largest absolute Gasteiger partial charge is 0.363 e. The van der Waals surface area contributed by atoms with Crippen molar-refractivity contribution < 1.29 is 8.78 Å². The molecule has 1 aromatic carbocycles. The van der Waals surface area contributed by atoms with Gasteiger partial charge in [-0.25, -0.2) is 13.8 Å². The summed E-state index contributed by atoms with van der Waals surface area (Å²) in [7, 11) is 0. The van der Waals surface area contributed by atoms with E-state index in [4.69, 9.17) is 0 Å². The molecule has 88 valence electrons. The first-order chi connectivity index (χ1) is 8.16. The van der Waals surface area contributed by atoms with Crippen LogP contribution < -0.4 is 5.32 Å². The molecule has 2 aromatic rings. The minimum absolute atomic E-state index is 0.117. The van der Waals surface area contributed by atoms with E-state index in [1.807, 2.05) is 0 Å². The molecule has 0 aliphatic heterocycles. The van der Waals surface area contributed by atoms with E-state index in [1.54, 1.807) is 12.1 Å². The number of anilines is 1. The minimum Gasteiger partial charge on any atom is -0.363 e. The zero-order chi connectivity index (χ0) is 12.3. The second-order valence-electron chi connectivity index (χ2n) is 3.42. The van der Waals surface area contributed by atoms with Gasteiger partial charge in [0.15, 0.2) is 11.6 Å². The Bertz CT molecular complexity index is 532. The predicted molar refractivity (Wildman–Crippen MR) is 65.6 cm³/mol. The Morgan fingerprint density at radius 1 is 1.18 bits per heavy atom. The van der Waals surface area contributed by atoms with E-state index in [9.17, 15) is 8.78 Å². The normalized spacial score (nSPS) is 10.3. The van der Waals surface area contributed by atoms with Crippen LogP contribution in [-0.2, 0) is 6.54 Å². The lowest BCUT2D eigenvalue weighted by molar-refractivity contribution is 0.608. The Hall–Kier alpha value is -1.49. The molecule has 0 bridgehead atoms. The molecule has 2 nitrogen and oxygen atoms in total. The molecule has 0 spiro atoms. The molecule has 2 rings (SSSR count). The number of aromatic nitrogens is 1. The first-order valence-corrected chi connectivity index (χ1v) is 5.74. The Morgan fingerprint density at radius 3 is 2.76 bits per heavy atom. The molecule has 17 heavy (non-hydrogen) atoms. The molecule has 1 N–H and O–H groups in total. The van der Waals surface area contributed by atoms with Gasteiger partial charge in [0.25, 0.3) is 0 Å². The number of hydrogen-bond donors (Lipinski definition) is 1. The Kier molecular flexibility index (Phi) is 3.68. The Balaban J connectivity index is 2.12. The van der Waals surface area contributed by atoms with Gasteiger partial charge in [-0.1, -0.05) is 15.9 Å². The molecule has 0 saturated heterocycles. The highest BCUT2D eigenvalue weighted by Crippen LogP contribution is 2.17. The van der Waals surface area contributed by atoms with Crippen LogP contribution in [0.2, 0.25) is 0 Å². The third kappa shape index (κ3) is 3.00. The summed E-state index contributed by atoms with van der Waals surface area (Å²) < 4.78 is 27.4. The van der Waals surface area contributed by atoms with Crippen molar-refractivity contribution in [3.8, 4) is 0 Å². The summed E-state index contributed by atoms with van der Waals surface area (Å²) in [5.41, 5.74) is 0.449. The lowest BCUT2D eigenvalue weighted by atomic mass is 10.2. The van der Waals surface area contributed by atoms with Gasteiger partial charge < -0.3 is 5.32 Å². The highest BCUT2D eigenvalue weighted by Gasteiger charge is 2.05. The van der Waals surface area contributed by atoms with Gasteiger partial charge in [0.2, 0.25) is 0 Å². The highest BCUT2D eigenvalue weighted by atomic mass is 79.9. The van der Waals surface area contributed by atoms with Crippen molar-refractivity contribution in [2.24, 2.45) is 0 Å². The molecule has 0 radical (unpaired) electrons.